The third-order valence-electron chi connectivity index (χ3n) is 0. The van der Waals surface area contributed by atoms with Crippen LogP contribution in [0.4, 0.5) is 0 Å². The van der Waals surface area contributed by atoms with Gasteiger partial charge in [-0.1, -0.05) is 0 Å². The van der Waals surface area contributed by atoms with E-state index in [1.165, 1.54) is 0 Å². The van der Waals surface area contributed by atoms with Gasteiger partial charge in [-0.2, -0.15) is 0 Å². The second-order valence-corrected chi connectivity index (χ2v) is 52.6. The SMILES string of the molecule is O.O.O.O.O.O.[Cl][Ir-2]([Cl])([Cl])([Cl])([Cl])[Cl].[H+].[H+]. The summed E-state index contributed by atoms with van der Waals surface area (Å²) in [7, 11) is 30.3. The van der Waals surface area contributed by atoms with E-state index < -0.39 is 6.81 Å². The first-order chi connectivity index (χ1) is 2.45. The smallest absolute Gasteiger partial charge is 1.00 e. The fraction of sp³-hybridized carbons (Fsp3) is 0. The zero-order valence-corrected chi connectivity index (χ0v) is 12.5. The summed E-state index contributed by atoms with van der Waals surface area (Å²) >= 11 is 0. The largest absolute Gasteiger partial charge is 1.00 e. The van der Waals surface area contributed by atoms with E-state index in [9.17, 15) is 0 Å². The van der Waals surface area contributed by atoms with Crippen LogP contribution in [0.3, 0.4) is 0 Å². The average molecular weight is 515 g/mol. The van der Waals surface area contributed by atoms with Gasteiger partial charge in [-0.3, -0.25) is 0 Å². The molecule has 0 unspecified atom stereocenters. The van der Waals surface area contributed by atoms with Gasteiger partial charge < -0.3 is 32.9 Å². The molecule has 0 radical (unpaired) electrons. The van der Waals surface area contributed by atoms with Crippen molar-refractivity contribution in [1.29, 1.82) is 0 Å². The molecule has 0 saturated carbocycles. The maximum atomic E-state index is 5.06. The van der Waals surface area contributed by atoms with Gasteiger partial charge in [-0.15, -0.1) is 0 Å². The van der Waals surface area contributed by atoms with Gasteiger partial charge in [0, 0.05) is 0 Å². The Bertz CT molecular complexity index is 84.2. The van der Waals surface area contributed by atoms with Gasteiger partial charge in [0.25, 0.3) is 0 Å². The Kier molecular flexibility index (Phi) is 29.2. The molecular formula is H14Cl6IrO6. The van der Waals surface area contributed by atoms with Crippen LogP contribution >= 0.6 is 57.5 Å². The fourth-order valence-corrected chi connectivity index (χ4v) is 0. The van der Waals surface area contributed by atoms with E-state index in [0.717, 1.165) is 0 Å². The van der Waals surface area contributed by atoms with Gasteiger partial charge in [0.05, 0.1) is 0 Å². The molecule has 0 amide bonds. The minimum atomic E-state index is -5.33. The van der Waals surface area contributed by atoms with E-state index >= 15 is 0 Å². The maximum absolute atomic E-state index is 5.33. The van der Waals surface area contributed by atoms with Crippen LogP contribution in [0.25, 0.3) is 0 Å². The Hall–Kier alpha value is 2.15. The summed E-state index contributed by atoms with van der Waals surface area (Å²) in [6.07, 6.45) is 0. The molecule has 0 bridgehead atoms. The van der Waals surface area contributed by atoms with Gasteiger partial charge in [0.1, 0.15) is 0 Å². The van der Waals surface area contributed by atoms with E-state index in [1.54, 1.807) is 0 Å². The van der Waals surface area contributed by atoms with Crippen molar-refractivity contribution >= 4 is 57.5 Å². The molecule has 13 heavy (non-hydrogen) atoms. The van der Waals surface area contributed by atoms with Crippen LogP contribution < -0.4 is 0 Å². The Balaban J connectivity index is -0.00000000643. The molecule has 101 valence electrons. The first-order valence-corrected chi connectivity index (χ1v) is 18.6. The standard InChI is InChI=1S/6ClH.Ir.6H2O/h6*1H;;6*1H2/q;;;;;;+4;;;;;;/p-4. The quantitative estimate of drug-likeness (QED) is 0.399. The van der Waals surface area contributed by atoms with Crippen molar-refractivity contribution in [1.82, 2.24) is 0 Å². The van der Waals surface area contributed by atoms with Crippen LogP contribution in [0, 0.1) is 0 Å². The monoisotopic (exact) mass is 513 g/mol. The molecule has 0 spiro atoms. The zero-order chi connectivity index (χ0) is 6.41. The first kappa shape index (κ1) is 45.7. The minimum Gasteiger partial charge on any atom is 1.00 e. The predicted molar refractivity (Wildman–Crippen MR) is 59.0 cm³/mol. The summed E-state index contributed by atoms with van der Waals surface area (Å²) in [6.45, 7) is -5.33. The van der Waals surface area contributed by atoms with E-state index in [1.807, 2.05) is 0 Å². The van der Waals surface area contributed by atoms with Crippen LogP contribution in [0.5, 0.6) is 0 Å². The second-order valence-electron chi connectivity index (χ2n) is 0.714. The molecule has 6 nitrogen and oxygen atoms in total. The molecule has 0 aliphatic heterocycles. The molecule has 0 rings (SSSR count). The Labute approximate surface area is 99.4 Å². The van der Waals surface area contributed by atoms with Crippen molar-refractivity contribution < 1.29 is 42.5 Å². The van der Waals surface area contributed by atoms with Crippen LogP contribution in [0.2, 0.25) is 0 Å². The molecule has 0 atom stereocenters. The Morgan fingerprint density at radius 2 is 0.462 bits per heavy atom. The fourth-order valence-electron chi connectivity index (χ4n) is 0. The van der Waals surface area contributed by atoms with Gasteiger partial charge in [-0.05, 0) is 0 Å². The van der Waals surface area contributed by atoms with Crippen molar-refractivity contribution in [2.45, 2.75) is 0 Å². The molecule has 0 aliphatic carbocycles. The third kappa shape index (κ3) is 452. The zero-order valence-electron chi connectivity index (χ0n) is 7.60. The minimum absolute atomic E-state index is 0. The Morgan fingerprint density at radius 3 is 0.462 bits per heavy atom. The van der Waals surface area contributed by atoms with Gasteiger partial charge >= 0.3 is 67.2 Å². The van der Waals surface area contributed by atoms with Gasteiger partial charge in [-0.25, -0.2) is 0 Å². The van der Waals surface area contributed by atoms with Crippen molar-refractivity contribution in [3.8, 4) is 0 Å². The van der Waals surface area contributed by atoms with Crippen molar-refractivity contribution in [2.24, 2.45) is 0 Å². The summed E-state index contributed by atoms with van der Waals surface area (Å²) in [5, 5.41) is 0. The topological polar surface area (TPSA) is 189 Å². The second kappa shape index (κ2) is 8.32. The molecule has 0 aromatic rings. The van der Waals surface area contributed by atoms with Crippen molar-refractivity contribution in [3.05, 3.63) is 0 Å². The normalized spacial score (nSPS) is 12.5. The van der Waals surface area contributed by atoms with Crippen LogP contribution in [0.1, 0.15) is 2.85 Å². The molecule has 0 aromatic carbocycles. The van der Waals surface area contributed by atoms with Crippen molar-refractivity contribution in [3.63, 3.8) is 0 Å². The number of halogens is 6. The maximum Gasteiger partial charge on any atom is 1.00 e. The van der Waals surface area contributed by atoms with Crippen molar-refractivity contribution in [2.75, 3.05) is 0 Å². The molecule has 0 heterocycles. The number of hydrogen-bond donors (Lipinski definition) is 0. The molecule has 12 N–H and O–H groups in total. The number of rotatable bonds is 0. The van der Waals surface area contributed by atoms with Gasteiger partial charge in [0.15, 0.2) is 0 Å². The van der Waals surface area contributed by atoms with E-state index in [2.05, 4.69) is 0 Å². The Morgan fingerprint density at radius 1 is 0.462 bits per heavy atom. The summed E-state index contributed by atoms with van der Waals surface area (Å²) < 4.78 is 0. The van der Waals surface area contributed by atoms with Crippen LogP contribution in [0.15, 0.2) is 0 Å². The molecule has 0 fully saturated rings. The van der Waals surface area contributed by atoms with E-state index in [-0.39, 0.29) is 35.7 Å². The van der Waals surface area contributed by atoms with E-state index in [0.29, 0.717) is 0 Å². The van der Waals surface area contributed by atoms with E-state index in [4.69, 9.17) is 57.5 Å². The number of hydrogen-bond acceptors (Lipinski definition) is 0. The summed E-state index contributed by atoms with van der Waals surface area (Å²) in [6, 6.07) is 0. The molecule has 0 aliphatic rings. The molecule has 0 saturated heterocycles. The first-order valence-electron chi connectivity index (χ1n) is 0.756. The molecule has 0 aromatic heterocycles. The summed E-state index contributed by atoms with van der Waals surface area (Å²) in [5.41, 5.74) is 0. The predicted octanol–water partition coefficient (Wildman–Crippen LogP) is -0.589. The average Bonchev–Trinajstić information content (AvgIpc) is 0.592. The molecular weight excluding hydrogens is 501 g/mol. The molecule has 13 heteroatoms. The van der Waals surface area contributed by atoms with Gasteiger partial charge in [0.2, 0.25) is 0 Å². The summed E-state index contributed by atoms with van der Waals surface area (Å²) in [4.78, 5) is 0. The third-order valence-corrected chi connectivity index (χ3v) is 0. The van der Waals surface area contributed by atoms with Crippen LogP contribution in [-0.2, 0) is 6.81 Å². The van der Waals surface area contributed by atoms with Crippen LogP contribution in [-0.4, -0.2) is 32.9 Å². The summed E-state index contributed by atoms with van der Waals surface area (Å²) in [5.74, 6) is 0.